The lowest BCUT2D eigenvalue weighted by molar-refractivity contribution is 0.0468. The molecule has 0 spiro atoms. The van der Waals surface area contributed by atoms with E-state index in [0.29, 0.717) is 18.8 Å². The second-order valence-corrected chi connectivity index (χ2v) is 5.60. The summed E-state index contributed by atoms with van der Waals surface area (Å²) >= 11 is 0. The van der Waals surface area contributed by atoms with Crippen LogP contribution in [0.1, 0.15) is 42.9 Å². The van der Waals surface area contributed by atoms with Crippen molar-refractivity contribution in [1.29, 1.82) is 0 Å². The van der Waals surface area contributed by atoms with Crippen LogP contribution < -0.4 is 0 Å². The Labute approximate surface area is 126 Å². The number of carbonyl (C=O) groups excluding carboxylic acids is 1. The van der Waals surface area contributed by atoms with Crippen LogP contribution in [0.5, 0.6) is 0 Å². The summed E-state index contributed by atoms with van der Waals surface area (Å²) in [6.45, 7) is 7.40. The van der Waals surface area contributed by atoms with Crippen molar-refractivity contribution in [2.24, 2.45) is 0 Å². The maximum atomic E-state index is 12.4. The summed E-state index contributed by atoms with van der Waals surface area (Å²) in [5, 5.41) is 16.4. The van der Waals surface area contributed by atoms with Gasteiger partial charge in [-0.3, -0.25) is 14.8 Å². The van der Waals surface area contributed by atoms with Gasteiger partial charge in [0.25, 0.3) is 5.91 Å². The zero-order valence-electron chi connectivity index (χ0n) is 13.0. The number of aromatic amines is 1. The number of hydrogen-bond acceptors (Lipinski definition) is 4. The average molecular weight is 294 g/mol. The highest BCUT2D eigenvalue weighted by Gasteiger charge is 2.26. The Kier molecular flexibility index (Phi) is 5.76. The van der Waals surface area contributed by atoms with E-state index in [0.717, 1.165) is 38.0 Å². The summed E-state index contributed by atoms with van der Waals surface area (Å²) in [6.07, 6.45) is 2.89. The largest absolute Gasteiger partial charge is 0.395 e. The maximum absolute atomic E-state index is 12.4. The molecule has 21 heavy (non-hydrogen) atoms. The lowest BCUT2D eigenvalue weighted by Gasteiger charge is -2.38. The molecule has 0 radical (unpaired) electrons. The first kappa shape index (κ1) is 16.0. The Balaban J connectivity index is 1.90. The predicted molar refractivity (Wildman–Crippen MR) is 81.2 cm³/mol. The van der Waals surface area contributed by atoms with Crippen LogP contribution in [0, 0.1) is 0 Å². The van der Waals surface area contributed by atoms with Gasteiger partial charge in [0.15, 0.2) is 0 Å². The van der Waals surface area contributed by atoms with Gasteiger partial charge in [-0.2, -0.15) is 5.10 Å². The zero-order chi connectivity index (χ0) is 15.2. The van der Waals surface area contributed by atoms with Gasteiger partial charge in [0.1, 0.15) is 5.69 Å². The topological polar surface area (TPSA) is 72.5 Å². The Morgan fingerprint density at radius 3 is 2.67 bits per heavy atom. The molecule has 118 valence electrons. The fourth-order valence-corrected chi connectivity index (χ4v) is 2.82. The van der Waals surface area contributed by atoms with Crippen LogP contribution in [-0.2, 0) is 6.42 Å². The van der Waals surface area contributed by atoms with Gasteiger partial charge in [0, 0.05) is 37.9 Å². The summed E-state index contributed by atoms with van der Waals surface area (Å²) in [4.78, 5) is 16.5. The molecule has 2 heterocycles. The van der Waals surface area contributed by atoms with Crippen molar-refractivity contribution in [3.05, 3.63) is 17.5 Å². The molecule has 0 aromatic carbocycles. The summed E-state index contributed by atoms with van der Waals surface area (Å²) in [6, 6.07) is 2.07. The van der Waals surface area contributed by atoms with E-state index in [-0.39, 0.29) is 18.6 Å². The van der Waals surface area contributed by atoms with Gasteiger partial charge >= 0.3 is 0 Å². The van der Waals surface area contributed by atoms with Crippen molar-refractivity contribution < 1.29 is 9.90 Å². The molecule has 1 saturated heterocycles. The number of aromatic nitrogens is 2. The van der Waals surface area contributed by atoms with Crippen LogP contribution in [-0.4, -0.2) is 69.8 Å². The summed E-state index contributed by atoms with van der Waals surface area (Å²) in [7, 11) is 0. The van der Waals surface area contributed by atoms with Gasteiger partial charge in [-0.1, -0.05) is 20.3 Å². The molecule has 0 bridgehead atoms. The van der Waals surface area contributed by atoms with Crippen molar-refractivity contribution in [2.75, 3.05) is 32.8 Å². The van der Waals surface area contributed by atoms with Crippen LogP contribution in [0.25, 0.3) is 0 Å². The highest BCUT2D eigenvalue weighted by atomic mass is 16.3. The molecule has 1 aromatic heterocycles. The van der Waals surface area contributed by atoms with Crippen LogP contribution in [0.2, 0.25) is 0 Å². The molecule has 1 fully saturated rings. The predicted octanol–water partition coefficient (Wildman–Crippen LogP) is 0.891. The number of H-pyrrole nitrogens is 1. The molecule has 0 aliphatic carbocycles. The number of rotatable bonds is 6. The van der Waals surface area contributed by atoms with E-state index in [2.05, 4.69) is 28.9 Å². The van der Waals surface area contributed by atoms with Crippen molar-refractivity contribution in [3.8, 4) is 0 Å². The number of nitrogens with zero attached hydrogens (tertiary/aromatic N) is 3. The number of amides is 1. The van der Waals surface area contributed by atoms with Crippen LogP contribution >= 0.6 is 0 Å². The molecule has 1 aromatic rings. The molecule has 1 atom stereocenters. The molecular formula is C15H26N4O2. The van der Waals surface area contributed by atoms with Crippen LogP contribution in [0.15, 0.2) is 6.07 Å². The zero-order valence-corrected chi connectivity index (χ0v) is 13.0. The third-order valence-electron chi connectivity index (χ3n) is 4.17. The normalized spacial score (nSPS) is 18.0. The molecular weight excluding hydrogens is 268 g/mol. The third-order valence-corrected chi connectivity index (χ3v) is 4.17. The highest BCUT2D eigenvalue weighted by Crippen LogP contribution is 2.12. The van der Waals surface area contributed by atoms with Gasteiger partial charge in [0.05, 0.1) is 6.61 Å². The first-order chi connectivity index (χ1) is 10.2. The first-order valence-corrected chi connectivity index (χ1v) is 7.88. The Morgan fingerprint density at radius 1 is 1.38 bits per heavy atom. The molecule has 0 saturated carbocycles. The van der Waals surface area contributed by atoms with E-state index in [1.54, 1.807) is 0 Å². The molecule has 1 unspecified atom stereocenters. The molecule has 1 aliphatic heterocycles. The van der Waals surface area contributed by atoms with E-state index >= 15 is 0 Å². The van der Waals surface area contributed by atoms with Gasteiger partial charge in [-0.05, 0) is 18.9 Å². The van der Waals surface area contributed by atoms with E-state index in [1.807, 2.05) is 11.0 Å². The minimum atomic E-state index is 0.00491. The smallest absolute Gasteiger partial charge is 0.274 e. The number of aliphatic hydroxyl groups is 1. The lowest BCUT2D eigenvalue weighted by atomic mass is 10.1. The van der Waals surface area contributed by atoms with Gasteiger partial charge in [-0.15, -0.1) is 0 Å². The van der Waals surface area contributed by atoms with E-state index < -0.39 is 0 Å². The third kappa shape index (κ3) is 3.83. The quantitative estimate of drug-likeness (QED) is 0.817. The minimum absolute atomic E-state index is 0.00491. The van der Waals surface area contributed by atoms with Crippen molar-refractivity contribution >= 4 is 5.91 Å². The monoisotopic (exact) mass is 294 g/mol. The molecule has 2 N–H and O–H groups in total. The minimum Gasteiger partial charge on any atom is -0.395 e. The number of piperazine rings is 1. The maximum Gasteiger partial charge on any atom is 0.274 e. The van der Waals surface area contributed by atoms with Crippen LogP contribution in [0.4, 0.5) is 0 Å². The summed E-state index contributed by atoms with van der Waals surface area (Å²) in [5.41, 5.74) is 1.53. The van der Waals surface area contributed by atoms with Gasteiger partial charge < -0.3 is 10.0 Å². The molecule has 1 aliphatic rings. The van der Waals surface area contributed by atoms with E-state index in [1.165, 1.54) is 0 Å². The first-order valence-electron chi connectivity index (χ1n) is 7.88. The van der Waals surface area contributed by atoms with E-state index in [9.17, 15) is 9.90 Å². The molecule has 6 nitrogen and oxygen atoms in total. The van der Waals surface area contributed by atoms with E-state index in [4.69, 9.17) is 0 Å². The fraction of sp³-hybridized carbons (Fsp3) is 0.733. The standard InChI is InChI=1S/C15H26N4O2/c1-3-5-12-10-14(17-16-12)15(21)19-8-6-18(7-9-19)13(4-2)11-20/h10,13,20H,3-9,11H2,1-2H3,(H,16,17). The second-order valence-electron chi connectivity index (χ2n) is 5.60. The Morgan fingerprint density at radius 2 is 2.10 bits per heavy atom. The molecule has 6 heteroatoms. The van der Waals surface area contributed by atoms with Gasteiger partial charge in [-0.25, -0.2) is 0 Å². The number of hydrogen-bond donors (Lipinski definition) is 2. The van der Waals surface area contributed by atoms with Crippen molar-refractivity contribution in [3.63, 3.8) is 0 Å². The Hall–Kier alpha value is -1.40. The lowest BCUT2D eigenvalue weighted by Crippen LogP contribution is -2.52. The van der Waals surface area contributed by atoms with Crippen molar-refractivity contribution in [1.82, 2.24) is 20.0 Å². The SMILES string of the molecule is CCCc1cc(C(=O)N2CCN(C(CC)CO)CC2)n[nH]1. The highest BCUT2D eigenvalue weighted by molar-refractivity contribution is 5.92. The average Bonchev–Trinajstić information content (AvgIpc) is 2.97. The van der Waals surface area contributed by atoms with Gasteiger partial charge in [0.2, 0.25) is 0 Å². The van der Waals surface area contributed by atoms with Crippen molar-refractivity contribution in [2.45, 2.75) is 39.2 Å². The Bertz CT molecular complexity index is 448. The number of aryl methyl sites for hydroxylation is 1. The van der Waals surface area contributed by atoms with Crippen LogP contribution in [0.3, 0.4) is 0 Å². The summed E-state index contributed by atoms with van der Waals surface area (Å²) < 4.78 is 0. The second kappa shape index (κ2) is 7.56. The fourth-order valence-electron chi connectivity index (χ4n) is 2.82. The molecule has 1 amide bonds. The molecule has 2 rings (SSSR count). The summed E-state index contributed by atoms with van der Waals surface area (Å²) in [5.74, 6) is 0.00491. The number of aliphatic hydroxyl groups excluding tert-OH is 1. The number of carbonyl (C=O) groups is 1. The number of nitrogens with one attached hydrogen (secondary N) is 1.